The first-order chi connectivity index (χ1) is 8.54. The van der Waals surface area contributed by atoms with Crippen LogP contribution in [0.4, 0.5) is 16.2 Å². The minimum Gasteiger partial charge on any atom is -0.399 e. The van der Waals surface area contributed by atoms with Gasteiger partial charge in [-0.3, -0.25) is 0 Å². The topological polar surface area (TPSA) is 58.4 Å². The van der Waals surface area contributed by atoms with Gasteiger partial charge in [0.25, 0.3) is 0 Å². The average molecular weight is 247 g/mol. The Bertz CT molecular complexity index is 406. The second-order valence-electron chi connectivity index (χ2n) is 5.40. The molecule has 0 radical (unpaired) electrons. The number of nitrogens with zero attached hydrogens (tertiary/aromatic N) is 1. The number of nitrogens with two attached hydrogens (primary N) is 1. The van der Waals surface area contributed by atoms with E-state index in [0.717, 1.165) is 18.8 Å². The Morgan fingerprint density at radius 2 is 1.78 bits per heavy atom. The van der Waals surface area contributed by atoms with Crippen LogP contribution in [0.15, 0.2) is 24.3 Å². The molecular formula is C14H21N3O. The molecule has 98 valence electrons. The first-order valence-corrected chi connectivity index (χ1v) is 6.46. The Labute approximate surface area is 108 Å². The maximum absolute atomic E-state index is 12.1. The van der Waals surface area contributed by atoms with Gasteiger partial charge in [-0.15, -0.1) is 0 Å². The molecule has 3 N–H and O–H groups in total. The molecule has 1 aromatic rings. The number of carbonyl (C=O) groups excluding carboxylic acids is 1. The Balaban J connectivity index is 1.97. The van der Waals surface area contributed by atoms with E-state index in [1.165, 1.54) is 6.42 Å². The number of likely N-dealkylation sites (tertiary alicyclic amines) is 1. The fourth-order valence-corrected chi connectivity index (χ4v) is 2.60. The molecule has 1 fully saturated rings. The van der Waals surface area contributed by atoms with E-state index in [-0.39, 0.29) is 6.03 Å². The van der Waals surface area contributed by atoms with E-state index in [9.17, 15) is 4.79 Å². The number of amides is 2. The highest BCUT2D eigenvalue weighted by Gasteiger charge is 2.25. The SMILES string of the molecule is CC1CC(C)CN(C(=O)Nc2ccc(N)cc2)C1. The molecule has 1 heterocycles. The lowest BCUT2D eigenvalue weighted by molar-refractivity contribution is 0.156. The zero-order valence-corrected chi connectivity index (χ0v) is 11.0. The van der Waals surface area contributed by atoms with Gasteiger partial charge >= 0.3 is 6.03 Å². The van der Waals surface area contributed by atoms with Crippen LogP contribution in [0.5, 0.6) is 0 Å². The van der Waals surface area contributed by atoms with Crippen molar-refractivity contribution < 1.29 is 4.79 Å². The Morgan fingerprint density at radius 1 is 1.22 bits per heavy atom. The van der Waals surface area contributed by atoms with E-state index >= 15 is 0 Å². The third kappa shape index (κ3) is 3.15. The second kappa shape index (κ2) is 5.29. The van der Waals surface area contributed by atoms with Crippen LogP contribution in [0.2, 0.25) is 0 Å². The van der Waals surface area contributed by atoms with Crippen molar-refractivity contribution in [3.63, 3.8) is 0 Å². The van der Waals surface area contributed by atoms with Gasteiger partial charge in [0.1, 0.15) is 0 Å². The van der Waals surface area contributed by atoms with Crippen LogP contribution < -0.4 is 11.1 Å². The Hall–Kier alpha value is -1.71. The van der Waals surface area contributed by atoms with Gasteiger partial charge < -0.3 is 16.0 Å². The molecule has 2 unspecified atom stereocenters. The number of anilines is 2. The Kier molecular flexibility index (Phi) is 3.75. The summed E-state index contributed by atoms with van der Waals surface area (Å²) in [5, 5.41) is 2.91. The minimum atomic E-state index is -0.0156. The van der Waals surface area contributed by atoms with Crippen LogP contribution in [0.25, 0.3) is 0 Å². The highest BCUT2D eigenvalue weighted by Crippen LogP contribution is 2.21. The molecule has 18 heavy (non-hydrogen) atoms. The first kappa shape index (κ1) is 12.7. The van der Waals surface area contributed by atoms with Crippen LogP contribution in [0.1, 0.15) is 20.3 Å². The molecule has 1 aliphatic heterocycles. The van der Waals surface area contributed by atoms with E-state index in [1.54, 1.807) is 12.1 Å². The monoisotopic (exact) mass is 247 g/mol. The first-order valence-electron chi connectivity index (χ1n) is 6.46. The molecule has 0 aliphatic carbocycles. The summed E-state index contributed by atoms with van der Waals surface area (Å²) in [5.41, 5.74) is 7.11. The maximum atomic E-state index is 12.1. The van der Waals surface area contributed by atoms with E-state index in [0.29, 0.717) is 17.5 Å². The molecule has 4 nitrogen and oxygen atoms in total. The molecule has 2 atom stereocenters. The summed E-state index contributed by atoms with van der Waals surface area (Å²) in [6.07, 6.45) is 1.20. The van der Waals surface area contributed by atoms with Gasteiger partial charge in [0.15, 0.2) is 0 Å². The van der Waals surface area contributed by atoms with Crippen molar-refractivity contribution in [1.29, 1.82) is 0 Å². The minimum absolute atomic E-state index is 0.0156. The highest BCUT2D eigenvalue weighted by molar-refractivity contribution is 5.89. The molecule has 0 bridgehead atoms. The van der Waals surface area contributed by atoms with Crippen molar-refractivity contribution in [2.24, 2.45) is 11.8 Å². The van der Waals surface area contributed by atoms with Gasteiger partial charge in [0.05, 0.1) is 0 Å². The summed E-state index contributed by atoms with van der Waals surface area (Å²) < 4.78 is 0. The van der Waals surface area contributed by atoms with Crippen molar-refractivity contribution >= 4 is 17.4 Å². The van der Waals surface area contributed by atoms with Gasteiger partial charge in [-0.1, -0.05) is 13.8 Å². The van der Waals surface area contributed by atoms with Crippen LogP contribution >= 0.6 is 0 Å². The lowest BCUT2D eigenvalue weighted by Crippen LogP contribution is -2.44. The van der Waals surface area contributed by atoms with Gasteiger partial charge in [0.2, 0.25) is 0 Å². The summed E-state index contributed by atoms with van der Waals surface area (Å²) in [6, 6.07) is 7.21. The zero-order chi connectivity index (χ0) is 13.1. The number of hydrogen-bond donors (Lipinski definition) is 2. The van der Waals surface area contributed by atoms with E-state index < -0.39 is 0 Å². The number of benzene rings is 1. The number of nitrogens with one attached hydrogen (secondary N) is 1. The third-order valence-electron chi connectivity index (χ3n) is 3.32. The molecular weight excluding hydrogens is 226 g/mol. The van der Waals surface area contributed by atoms with E-state index in [1.807, 2.05) is 17.0 Å². The molecule has 0 aromatic heterocycles. The molecule has 0 spiro atoms. The van der Waals surface area contributed by atoms with Gasteiger partial charge in [-0.25, -0.2) is 4.79 Å². The number of rotatable bonds is 1. The molecule has 2 rings (SSSR count). The Morgan fingerprint density at radius 3 is 2.33 bits per heavy atom. The standard InChI is InChI=1S/C14H21N3O/c1-10-7-11(2)9-17(8-10)14(18)16-13-5-3-12(15)4-6-13/h3-6,10-11H,7-9,15H2,1-2H3,(H,16,18). The van der Waals surface area contributed by atoms with Crippen molar-refractivity contribution in [3.8, 4) is 0 Å². The third-order valence-corrected chi connectivity index (χ3v) is 3.32. The fraction of sp³-hybridized carbons (Fsp3) is 0.500. The van der Waals surface area contributed by atoms with Crippen molar-refractivity contribution in [2.75, 3.05) is 24.1 Å². The van der Waals surface area contributed by atoms with Gasteiger partial charge in [0, 0.05) is 24.5 Å². The quantitative estimate of drug-likeness (QED) is 0.750. The highest BCUT2D eigenvalue weighted by atomic mass is 16.2. The van der Waals surface area contributed by atoms with Gasteiger partial charge in [-0.05, 0) is 42.5 Å². The largest absolute Gasteiger partial charge is 0.399 e. The molecule has 0 saturated carbocycles. The van der Waals surface area contributed by atoms with Crippen LogP contribution in [0.3, 0.4) is 0 Å². The number of piperidine rings is 1. The molecule has 2 amide bonds. The average Bonchev–Trinajstić information content (AvgIpc) is 2.31. The number of hydrogen-bond acceptors (Lipinski definition) is 2. The summed E-state index contributed by atoms with van der Waals surface area (Å²) in [6.45, 7) is 6.06. The summed E-state index contributed by atoms with van der Waals surface area (Å²) >= 11 is 0. The van der Waals surface area contributed by atoms with Crippen molar-refractivity contribution in [2.45, 2.75) is 20.3 Å². The zero-order valence-electron chi connectivity index (χ0n) is 11.0. The van der Waals surface area contributed by atoms with E-state index in [2.05, 4.69) is 19.2 Å². The van der Waals surface area contributed by atoms with Crippen LogP contribution in [-0.4, -0.2) is 24.0 Å². The summed E-state index contributed by atoms with van der Waals surface area (Å²) in [7, 11) is 0. The van der Waals surface area contributed by atoms with Crippen molar-refractivity contribution in [3.05, 3.63) is 24.3 Å². The predicted molar refractivity (Wildman–Crippen MR) is 74.4 cm³/mol. The number of nitrogen functional groups attached to an aromatic ring is 1. The molecule has 1 aromatic carbocycles. The van der Waals surface area contributed by atoms with Crippen molar-refractivity contribution in [1.82, 2.24) is 4.90 Å². The lowest BCUT2D eigenvalue weighted by Gasteiger charge is -2.34. The molecule has 4 heteroatoms. The van der Waals surface area contributed by atoms with Crippen LogP contribution in [0, 0.1) is 11.8 Å². The van der Waals surface area contributed by atoms with E-state index in [4.69, 9.17) is 5.73 Å². The maximum Gasteiger partial charge on any atom is 0.321 e. The second-order valence-corrected chi connectivity index (χ2v) is 5.40. The number of urea groups is 1. The smallest absolute Gasteiger partial charge is 0.321 e. The summed E-state index contributed by atoms with van der Waals surface area (Å²) in [5.74, 6) is 1.15. The predicted octanol–water partition coefficient (Wildman–Crippen LogP) is 2.78. The van der Waals surface area contributed by atoms with Crippen LogP contribution in [-0.2, 0) is 0 Å². The molecule has 1 saturated heterocycles. The van der Waals surface area contributed by atoms with Gasteiger partial charge in [-0.2, -0.15) is 0 Å². The summed E-state index contributed by atoms with van der Waals surface area (Å²) in [4.78, 5) is 14.0. The lowest BCUT2D eigenvalue weighted by atomic mass is 9.92. The normalized spacial score (nSPS) is 23.8. The number of carbonyl (C=O) groups is 1. The molecule has 1 aliphatic rings. The fourth-order valence-electron chi connectivity index (χ4n) is 2.60.